The number of halogens is 2. The quantitative estimate of drug-likeness (QED) is 0.732. The van der Waals surface area contributed by atoms with E-state index in [0.29, 0.717) is 10.4 Å². The Kier molecular flexibility index (Phi) is 3.37. The summed E-state index contributed by atoms with van der Waals surface area (Å²) in [5.74, 6) is 0.796. The van der Waals surface area contributed by atoms with Crippen LogP contribution in [0.3, 0.4) is 0 Å². The van der Waals surface area contributed by atoms with Gasteiger partial charge in [0.05, 0.1) is 6.20 Å². The van der Waals surface area contributed by atoms with E-state index in [1.54, 1.807) is 6.20 Å². The summed E-state index contributed by atoms with van der Waals surface area (Å²) in [7, 11) is 0. The van der Waals surface area contributed by atoms with Crippen molar-refractivity contribution in [1.29, 1.82) is 0 Å². The second-order valence-electron chi connectivity index (χ2n) is 5.50. The fourth-order valence-corrected chi connectivity index (χ4v) is 3.72. The zero-order chi connectivity index (χ0) is 12.6. The van der Waals surface area contributed by atoms with Gasteiger partial charge in [-0.1, -0.05) is 24.4 Å². The molecule has 3 rings (SSSR count). The first-order valence-corrected chi connectivity index (χ1v) is 7.37. The predicted octanol–water partition coefficient (Wildman–Crippen LogP) is 3.94. The Morgan fingerprint density at radius 1 is 1.06 bits per heavy atom. The van der Waals surface area contributed by atoms with Crippen LogP contribution in [-0.2, 0) is 0 Å². The first-order chi connectivity index (χ1) is 8.69. The number of hydrogen-bond donors (Lipinski definition) is 0. The summed E-state index contributed by atoms with van der Waals surface area (Å²) in [6, 6.07) is 0. The van der Waals surface area contributed by atoms with Crippen LogP contribution in [0.1, 0.15) is 38.5 Å². The maximum Gasteiger partial charge on any atom is 0.224 e. The Bertz CT molecular complexity index is 434. The van der Waals surface area contributed by atoms with Gasteiger partial charge in [-0.3, -0.25) is 0 Å². The number of piperidine rings is 1. The molecule has 2 aliphatic rings. The average Bonchev–Trinajstić information content (AvgIpc) is 2.82. The maximum atomic E-state index is 6.16. The Morgan fingerprint density at radius 2 is 1.72 bits per heavy atom. The third-order valence-electron chi connectivity index (χ3n) is 4.48. The van der Waals surface area contributed by atoms with Gasteiger partial charge < -0.3 is 4.90 Å². The Balaban J connectivity index is 1.74. The molecular weight excluding hydrogens is 269 g/mol. The van der Waals surface area contributed by atoms with Crippen LogP contribution in [0.2, 0.25) is 10.3 Å². The second kappa shape index (κ2) is 4.86. The van der Waals surface area contributed by atoms with Gasteiger partial charge in [-0.05, 0) is 42.7 Å². The van der Waals surface area contributed by atoms with Crippen LogP contribution in [0.5, 0.6) is 0 Å². The molecule has 3 nitrogen and oxygen atoms in total. The van der Waals surface area contributed by atoms with Crippen molar-refractivity contribution in [3.8, 4) is 0 Å². The van der Waals surface area contributed by atoms with Crippen LogP contribution in [0.4, 0.5) is 5.82 Å². The highest BCUT2D eigenvalue weighted by Crippen LogP contribution is 2.46. The van der Waals surface area contributed by atoms with Crippen molar-refractivity contribution in [1.82, 2.24) is 9.97 Å². The normalized spacial score (nSPS) is 22.7. The van der Waals surface area contributed by atoms with Crippen LogP contribution in [0, 0.1) is 5.41 Å². The van der Waals surface area contributed by atoms with E-state index in [1.807, 2.05) is 0 Å². The maximum absolute atomic E-state index is 6.16. The molecule has 0 atom stereocenters. The Morgan fingerprint density at radius 3 is 2.39 bits per heavy atom. The smallest absolute Gasteiger partial charge is 0.224 e. The summed E-state index contributed by atoms with van der Waals surface area (Å²) in [5.41, 5.74) is 0.611. The molecule has 18 heavy (non-hydrogen) atoms. The highest BCUT2D eigenvalue weighted by Gasteiger charge is 2.37. The molecule has 1 aromatic heterocycles. The topological polar surface area (TPSA) is 29.0 Å². The number of anilines is 1. The van der Waals surface area contributed by atoms with Crippen LogP contribution >= 0.6 is 23.2 Å². The van der Waals surface area contributed by atoms with Gasteiger partial charge in [-0.15, -0.1) is 0 Å². The van der Waals surface area contributed by atoms with Crippen molar-refractivity contribution in [3.63, 3.8) is 0 Å². The van der Waals surface area contributed by atoms with Crippen molar-refractivity contribution >= 4 is 29.0 Å². The molecule has 0 aromatic carbocycles. The first-order valence-electron chi connectivity index (χ1n) is 6.62. The molecule has 1 aliphatic carbocycles. The predicted molar refractivity (Wildman–Crippen MR) is 74.4 cm³/mol. The second-order valence-corrected chi connectivity index (χ2v) is 6.25. The van der Waals surface area contributed by atoms with Crippen LogP contribution in [0.25, 0.3) is 0 Å². The third-order valence-corrected chi connectivity index (χ3v) is 4.93. The molecular formula is C13H17Cl2N3. The van der Waals surface area contributed by atoms with Crippen molar-refractivity contribution < 1.29 is 0 Å². The van der Waals surface area contributed by atoms with Crippen molar-refractivity contribution in [3.05, 3.63) is 16.5 Å². The van der Waals surface area contributed by atoms with Gasteiger partial charge in [0.15, 0.2) is 5.82 Å². The Hall–Kier alpha value is -0.540. The minimum absolute atomic E-state index is 0.274. The lowest BCUT2D eigenvalue weighted by molar-refractivity contribution is 0.226. The van der Waals surface area contributed by atoms with E-state index in [4.69, 9.17) is 23.2 Å². The minimum atomic E-state index is 0.274. The molecule has 1 saturated carbocycles. The van der Waals surface area contributed by atoms with Gasteiger partial charge in [0, 0.05) is 13.1 Å². The van der Waals surface area contributed by atoms with Gasteiger partial charge >= 0.3 is 0 Å². The molecule has 0 radical (unpaired) electrons. The molecule has 0 N–H and O–H groups in total. The fraction of sp³-hybridized carbons (Fsp3) is 0.692. The van der Waals surface area contributed by atoms with Gasteiger partial charge in [0.2, 0.25) is 5.28 Å². The van der Waals surface area contributed by atoms with Crippen LogP contribution in [-0.4, -0.2) is 23.1 Å². The van der Waals surface area contributed by atoms with Gasteiger partial charge in [-0.2, -0.15) is 4.98 Å². The van der Waals surface area contributed by atoms with Crippen molar-refractivity contribution in [2.45, 2.75) is 38.5 Å². The standard InChI is InChI=1S/C13H17Cl2N3/c14-10-9-16-12(15)17-11(10)18-7-5-13(6-8-18)3-1-2-4-13/h9H,1-8H2. The molecule has 0 bridgehead atoms. The van der Waals surface area contributed by atoms with Crippen molar-refractivity contribution in [2.24, 2.45) is 5.41 Å². The minimum Gasteiger partial charge on any atom is -0.355 e. The lowest BCUT2D eigenvalue weighted by atomic mass is 9.77. The highest BCUT2D eigenvalue weighted by molar-refractivity contribution is 6.33. The summed E-state index contributed by atoms with van der Waals surface area (Å²) in [5, 5.41) is 0.873. The molecule has 98 valence electrons. The highest BCUT2D eigenvalue weighted by atomic mass is 35.5. The molecule has 1 aliphatic heterocycles. The summed E-state index contributed by atoms with van der Waals surface area (Å²) in [6.45, 7) is 2.07. The lowest BCUT2D eigenvalue weighted by Crippen LogP contribution is -2.39. The molecule has 1 saturated heterocycles. The van der Waals surface area contributed by atoms with E-state index in [9.17, 15) is 0 Å². The SMILES string of the molecule is Clc1ncc(Cl)c(N2CCC3(CCCC3)CC2)n1. The fourth-order valence-electron chi connectivity index (χ4n) is 3.38. The van der Waals surface area contributed by atoms with E-state index in [2.05, 4.69) is 14.9 Å². The number of aromatic nitrogens is 2. The van der Waals surface area contributed by atoms with E-state index >= 15 is 0 Å². The molecule has 5 heteroatoms. The number of rotatable bonds is 1. The van der Waals surface area contributed by atoms with E-state index in [-0.39, 0.29) is 5.28 Å². The molecule has 1 aromatic rings. The molecule has 2 heterocycles. The molecule has 0 amide bonds. The zero-order valence-electron chi connectivity index (χ0n) is 10.3. The lowest BCUT2D eigenvalue weighted by Gasteiger charge is -2.40. The average molecular weight is 286 g/mol. The van der Waals surface area contributed by atoms with Crippen molar-refractivity contribution in [2.75, 3.05) is 18.0 Å². The third kappa shape index (κ3) is 2.30. The monoisotopic (exact) mass is 285 g/mol. The number of nitrogens with zero attached hydrogens (tertiary/aromatic N) is 3. The molecule has 1 spiro atoms. The summed E-state index contributed by atoms with van der Waals surface area (Å²) < 4.78 is 0. The summed E-state index contributed by atoms with van der Waals surface area (Å²) >= 11 is 12.0. The summed E-state index contributed by atoms with van der Waals surface area (Å²) in [4.78, 5) is 10.4. The van der Waals surface area contributed by atoms with Crippen LogP contribution in [0.15, 0.2) is 6.20 Å². The zero-order valence-corrected chi connectivity index (χ0v) is 11.8. The Labute approximate surface area is 118 Å². The van der Waals surface area contributed by atoms with E-state index in [0.717, 1.165) is 18.9 Å². The van der Waals surface area contributed by atoms with E-state index in [1.165, 1.54) is 38.5 Å². The van der Waals surface area contributed by atoms with Gasteiger partial charge in [0.25, 0.3) is 0 Å². The van der Waals surface area contributed by atoms with E-state index < -0.39 is 0 Å². The van der Waals surface area contributed by atoms with Gasteiger partial charge in [0.1, 0.15) is 5.02 Å². The molecule has 2 fully saturated rings. The largest absolute Gasteiger partial charge is 0.355 e. The van der Waals surface area contributed by atoms with Gasteiger partial charge in [-0.25, -0.2) is 4.98 Å². The van der Waals surface area contributed by atoms with Crippen LogP contribution < -0.4 is 4.90 Å². The first kappa shape index (κ1) is 12.5. The number of hydrogen-bond acceptors (Lipinski definition) is 3. The molecule has 0 unspecified atom stereocenters. The summed E-state index contributed by atoms with van der Waals surface area (Å²) in [6.07, 6.45) is 9.71.